The van der Waals surface area contributed by atoms with E-state index < -0.39 is 0 Å². The highest BCUT2D eigenvalue weighted by Crippen LogP contribution is 2.25. The number of hydrogen-bond acceptors (Lipinski definition) is 4. The lowest BCUT2D eigenvalue weighted by Gasteiger charge is -2.39. The summed E-state index contributed by atoms with van der Waals surface area (Å²) in [6.07, 6.45) is 1.04. The molecule has 1 saturated heterocycles. The van der Waals surface area contributed by atoms with Gasteiger partial charge < -0.3 is 14.4 Å². The van der Waals surface area contributed by atoms with Crippen molar-refractivity contribution in [3.05, 3.63) is 60.2 Å². The van der Waals surface area contributed by atoms with Crippen LogP contribution in [0.4, 0.5) is 0 Å². The molecule has 1 unspecified atom stereocenters. The minimum Gasteiger partial charge on any atom is -0.493 e. The van der Waals surface area contributed by atoms with Gasteiger partial charge in [0.15, 0.2) is 18.1 Å². The van der Waals surface area contributed by atoms with Crippen molar-refractivity contribution in [2.75, 3.05) is 39.9 Å². The van der Waals surface area contributed by atoms with Crippen LogP contribution in [-0.4, -0.2) is 61.6 Å². The number of carbonyl (C=O) groups is 1. The zero-order chi connectivity index (χ0) is 19.1. The summed E-state index contributed by atoms with van der Waals surface area (Å²) in [6.45, 7) is 5.62. The predicted molar refractivity (Wildman–Crippen MR) is 106 cm³/mol. The molecule has 144 valence electrons. The van der Waals surface area contributed by atoms with Gasteiger partial charge in [-0.2, -0.15) is 0 Å². The van der Waals surface area contributed by atoms with Gasteiger partial charge in [-0.1, -0.05) is 42.5 Å². The third kappa shape index (κ3) is 5.23. The predicted octanol–water partition coefficient (Wildman–Crippen LogP) is 2.85. The Balaban J connectivity index is 1.46. The maximum Gasteiger partial charge on any atom is 0.260 e. The number of rotatable bonds is 7. The number of carbonyl (C=O) groups excluding carboxylic acids is 1. The lowest BCUT2D eigenvalue weighted by molar-refractivity contribution is -0.136. The summed E-state index contributed by atoms with van der Waals surface area (Å²) in [6, 6.07) is 18.3. The first-order chi connectivity index (χ1) is 13.2. The summed E-state index contributed by atoms with van der Waals surface area (Å²) in [4.78, 5) is 16.9. The Hall–Kier alpha value is -2.53. The van der Waals surface area contributed by atoms with Crippen molar-refractivity contribution in [1.29, 1.82) is 0 Å². The van der Waals surface area contributed by atoms with E-state index in [-0.39, 0.29) is 12.5 Å². The van der Waals surface area contributed by atoms with E-state index >= 15 is 0 Å². The fourth-order valence-electron chi connectivity index (χ4n) is 3.44. The van der Waals surface area contributed by atoms with Crippen molar-refractivity contribution >= 4 is 5.91 Å². The van der Waals surface area contributed by atoms with E-state index in [1.165, 1.54) is 5.56 Å². The molecule has 27 heavy (non-hydrogen) atoms. The lowest BCUT2D eigenvalue weighted by atomic mass is 10.1. The first-order valence-electron chi connectivity index (χ1n) is 9.49. The molecular weight excluding hydrogens is 340 g/mol. The zero-order valence-corrected chi connectivity index (χ0v) is 16.1. The van der Waals surface area contributed by atoms with Gasteiger partial charge in [-0.25, -0.2) is 0 Å². The number of para-hydroxylation sites is 2. The van der Waals surface area contributed by atoms with E-state index in [9.17, 15) is 4.79 Å². The summed E-state index contributed by atoms with van der Waals surface area (Å²) in [7, 11) is 1.60. The average Bonchev–Trinajstić information content (AvgIpc) is 2.72. The van der Waals surface area contributed by atoms with Crippen LogP contribution in [0.1, 0.15) is 12.5 Å². The van der Waals surface area contributed by atoms with Crippen LogP contribution >= 0.6 is 0 Å². The van der Waals surface area contributed by atoms with Gasteiger partial charge in [0.2, 0.25) is 0 Å². The molecule has 1 aliphatic heterocycles. The number of benzene rings is 2. The fraction of sp³-hybridized carbons (Fsp3) is 0.409. The Labute approximate surface area is 161 Å². The minimum absolute atomic E-state index is 0.0236. The van der Waals surface area contributed by atoms with Gasteiger partial charge >= 0.3 is 0 Å². The molecule has 1 fully saturated rings. The number of ether oxygens (including phenoxy) is 2. The van der Waals surface area contributed by atoms with Crippen LogP contribution in [-0.2, 0) is 11.2 Å². The van der Waals surface area contributed by atoms with Crippen LogP contribution in [0, 0.1) is 0 Å². The first-order valence-corrected chi connectivity index (χ1v) is 9.49. The maximum atomic E-state index is 12.5. The standard InChI is InChI=1S/C22H28N2O3/c1-18-16-24(15-14-23(18)13-12-19-8-4-3-5-9-19)22(25)17-27-21-11-7-6-10-20(21)26-2/h3-11,18H,12-17H2,1-2H3. The molecule has 1 amide bonds. The largest absolute Gasteiger partial charge is 0.493 e. The Kier molecular flexibility index (Phi) is 6.71. The molecule has 1 atom stereocenters. The molecule has 0 saturated carbocycles. The monoisotopic (exact) mass is 368 g/mol. The molecule has 0 aliphatic carbocycles. The second-order valence-electron chi connectivity index (χ2n) is 6.90. The minimum atomic E-state index is 0.0236. The van der Waals surface area contributed by atoms with Crippen LogP contribution in [0.25, 0.3) is 0 Å². The highest BCUT2D eigenvalue weighted by Gasteiger charge is 2.26. The fourth-order valence-corrected chi connectivity index (χ4v) is 3.44. The van der Waals surface area contributed by atoms with Gasteiger partial charge in [0, 0.05) is 32.2 Å². The Morgan fingerprint density at radius 1 is 1.04 bits per heavy atom. The topological polar surface area (TPSA) is 42.0 Å². The van der Waals surface area contributed by atoms with Gasteiger partial charge in [-0.15, -0.1) is 0 Å². The summed E-state index contributed by atoms with van der Waals surface area (Å²) in [5.41, 5.74) is 1.36. The normalized spacial score (nSPS) is 17.6. The van der Waals surface area contributed by atoms with Crippen molar-refractivity contribution in [2.24, 2.45) is 0 Å². The van der Waals surface area contributed by atoms with Crippen LogP contribution < -0.4 is 9.47 Å². The first kappa shape index (κ1) is 19.2. The van der Waals surface area contributed by atoms with Crippen molar-refractivity contribution in [1.82, 2.24) is 9.80 Å². The van der Waals surface area contributed by atoms with E-state index in [2.05, 4.69) is 36.1 Å². The number of hydrogen-bond donors (Lipinski definition) is 0. The highest BCUT2D eigenvalue weighted by molar-refractivity contribution is 5.78. The molecule has 1 aliphatic rings. The molecule has 0 spiro atoms. The second kappa shape index (κ2) is 9.42. The molecule has 0 bridgehead atoms. The van der Waals surface area contributed by atoms with Crippen molar-refractivity contribution in [3.8, 4) is 11.5 Å². The zero-order valence-electron chi connectivity index (χ0n) is 16.1. The maximum absolute atomic E-state index is 12.5. The summed E-state index contributed by atoms with van der Waals surface area (Å²) >= 11 is 0. The smallest absolute Gasteiger partial charge is 0.260 e. The third-order valence-corrected chi connectivity index (χ3v) is 5.07. The molecule has 5 nitrogen and oxygen atoms in total. The van der Waals surface area contributed by atoms with Crippen LogP contribution in [0.15, 0.2) is 54.6 Å². The molecular formula is C22H28N2O3. The second-order valence-corrected chi connectivity index (χ2v) is 6.90. The molecule has 5 heteroatoms. The van der Waals surface area contributed by atoms with E-state index in [0.717, 1.165) is 32.6 Å². The van der Waals surface area contributed by atoms with Crippen molar-refractivity contribution in [2.45, 2.75) is 19.4 Å². The Bertz CT molecular complexity index is 735. The molecule has 2 aromatic rings. The number of nitrogens with zero attached hydrogens (tertiary/aromatic N) is 2. The number of methoxy groups -OCH3 is 1. The SMILES string of the molecule is COc1ccccc1OCC(=O)N1CCN(CCc2ccccc2)C(C)C1. The quantitative estimate of drug-likeness (QED) is 0.754. The van der Waals surface area contributed by atoms with Crippen LogP contribution in [0.3, 0.4) is 0 Å². The van der Waals surface area contributed by atoms with Crippen LogP contribution in [0.5, 0.6) is 11.5 Å². The summed E-state index contributed by atoms with van der Waals surface area (Å²) in [5, 5.41) is 0. The van der Waals surface area contributed by atoms with Gasteiger partial charge in [0.1, 0.15) is 0 Å². The van der Waals surface area contributed by atoms with E-state index in [1.54, 1.807) is 7.11 Å². The molecule has 3 rings (SSSR count). The molecule has 0 N–H and O–H groups in total. The molecule has 0 radical (unpaired) electrons. The van der Waals surface area contributed by atoms with E-state index in [0.29, 0.717) is 17.5 Å². The highest BCUT2D eigenvalue weighted by atomic mass is 16.5. The van der Waals surface area contributed by atoms with Crippen molar-refractivity contribution < 1.29 is 14.3 Å². The van der Waals surface area contributed by atoms with Gasteiger partial charge in [-0.05, 0) is 31.0 Å². The van der Waals surface area contributed by atoms with Crippen molar-refractivity contribution in [3.63, 3.8) is 0 Å². The van der Waals surface area contributed by atoms with E-state index in [1.807, 2.05) is 35.2 Å². The third-order valence-electron chi connectivity index (χ3n) is 5.07. The molecule has 1 heterocycles. The lowest BCUT2D eigenvalue weighted by Crippen LogP contribution is -2.54. The van der Waals surface area contributed by atoms with E-state index in [4.69, 9.17) is 9.47 Å². The Morgan fingerprint density at radius 3 is 2.44 bits per heavy atom. The summed E-state index contributed by atoms with van der Waals surface area (Å²) < 4.78 is 10.9. The Morgan fingerprint density at radius 2 is 1.74 bits per heavy atom. The number of amides is 1. The van der Waals surface area contributed by atoms with Gasteiger partial charge in [-0.3, -0.25) is 9.69 Å². The molecule has 0 aromatic heterocycles. The van der Waals surface area contributed by atoms with Crippen LogP contribution in [0.2, 0.25) is 0 Å². The molecule has 2 aromatic carbocycles. The average molecular weight is 368 g/mol. The van der Waals surface area contributed by atoms with Gasteiger partial charge in [0.25, 0.3) is 5.91 Å². The summed E-state index contributed by atoms with van der Waals surface area (Å²) in [5.74, 6) is 1.27. The van der Waals surface area contributed by atoms with Gasteiger partial charge in [0.05, 0.1) is 7.11 Å². The number of piperazine rings is 1.